The number of carboxylic acid groups (broad SMARTS) is 1. The summed E-state index contributed by atoms with van der Waals surface area (Å²) in [4.78, 5) is 34.7. The van der Waals surface area contributed by atoms with Crippen LogP contribution >= 0.6 is 11.6 Å². The first-order valence-electron chi connectivity index (χ1n) is 8.77. The summed E-state index contributed by atoms with van der Waals surface area (Å²) in [6, 6.07) is 16.1. The molecule has 0 atom stereocenters. The number of rotatable bonds is 6. The van der Waals surface area contributed by atoms with Gasteiger partial charge >= 0.3 is 11.7 Å². The molecule has 9 heteroatoms. The first-order chi connectivity index (χ1) is 14.0. The van der Waals surface area contributed by atoms with Gasteiger partial charge in [-0.3, -0.25) is 4.57 Å². The van der Waals surface area contributed by atoms with Gasteiger partial charge in [-0.15, -0.1) is 0 Å². The second kappa shape index (κ2) is 7.76. The van der Waals surface area contributed by atoms with E-state index in [4.69, 9.17) is 16.7 Å². The molecule has 29 heavy (non-hydrogen) atoms. The van der Waals surface area contributed by atoms with Crippen LogP contribution in [0.1, 0.15) is 21.5 Å². The van der Waals surface area contributed by atoms with Crippen LogP contribution in [0.15, 0.2) is 59.4 Å². The number of halogens is 1. The number of fused-ring (bicyclic) bond motifs is 1. The van der Waals surface area contributed by atoms with E-state index in [1.807, 2.05) is 30.3 Å². The summed E-state index contributed by atoms with van der Waals surface area (Å²) in [5.41, 5.74) is 2.45. The zero-order valence-electron chi connectivity index (χ0n) is 15.1. The summed E-state index contributed by atoms with van der Waals surface area (Å²) >= 11 is 6.09. The fraction of sp³-hybridized carbons (Fsp3) is 0.100. The fourth-order valence-corrected chi connectivity index (χ4v) is 3.16. The second-order valence-corrected chi connectivity index (χ2v) is 6.74. The molecule has 4 rings (SSSR count). The highest BCUT2D eigenvalue weighted by Gasteiger charge is 2.15. The summed E-state index contributed by atoms with van der Waals surface area (Å²) in [6.45, 7) is 0.720. The number of imidazole rings is 1. The molecule has 0 fully saturated rings. The fourth-order valence-electron chi connectivity index (χ4n) is 2.99. The van der Waals surface area contributed by atoms with Crippen LogP contribution in [0.5, 0.6) is 0 Å². The average Bonchev–Trinajstić information content (AvgIpc) is 3.03. The molecule has 2 aromatic heterocycles. The first kappa shape index (κ1) is 18.7. The molecule has 0 saturated heterocycles. The lowest BCUT2D eigenvalue weighted by Gasteiger charge is -2.08. The molecular formula is C20H16ClN5O3. The van der Waals surface area contributed by atoms with Crippen molar-refractivity contribution in [1.82, 2.24) is 19.5 Å². The van der Waals surface area contributed by atoms with Gasteiger partial charge in [-0.25, -0.2) is 9.59 Å². The number of benzene rings is 2. The van der Waals surface area contributed by atoms with Crippen molar-refractivity contribution >= 4 is 34.6 Å². The molecule has 146 valence electrons. The smallest absolute Gasteiger partial charge is 0.335 e. The van der Waals surface area contributed by atoms with Crippen LogP contribution in [-0.2, 0) is 13.1 Å². The summed E-state index contributed by atoms with van der Waals surface area (Å²) < 4.78 is 1.44. The van der Waals surface area contributed by atoms with Crippen molar-refractivity contribution < 1.29 is 9.90 Å². The van der Waals surface area contributed by atoms with E-state index in [0.29, 0.717) is 23.5 Å². The topological polar surface area (TPSA) is 113 Å². The van der Waals surface area contributed by atoms with Crippen molar-refractivity contribution in [3.63, 3.8) is 0 Å². The molecule has 0 unspecified atom stereocenters. The van der Waals surface area contributed by atoms with E-state index in [1.165, 1.54) is 16.7 Å². The molecule has 0 aliphatic heterocycles. The Hall–Kier alpha value is -3.65. The Labute approximate surface area is 169 Å². The lowest BCUT2D eigenvalue weighted by Crippen LogP contribution is -2.17. The number of aromatic carboxylic acids is 1. The first-order valence-corrected chi connectivity index (χ1v) is 9.15. The molecule has 0 aliphatic carbocycles. The maximum Gasteiger partial charge on any atom is 0.335 e. The Morgan fingerprint density at radius 1 is 1.07 bits per heavy atom. The molecule has 2 aromatic carbocycles. The molecule has 2 heterocycles. The van der Waals surface area contributed by atoms with Gasteiger partial charge in [-0.1, -0.05) is 42.5 Å². The van der Waals surface area contributed by atoms with E-state index >= 15 is 0 Å². The van der Waals surface area contributed by atoms with Crippen LogP contribution in [0.25, 0.3) is 11.2 Å². The van der Waals surface area contributed by atoms with Gasteiger partial charge in [-0.2, -0.15) is 9.97 Å². The maximum absolute atomic E-state index is 12.5. The SMILES string of the molecule is O=C(O)c1ccc(Cn2c(=O)[nH]c3c(NCc4ccccc4)nc(Cl)nc32)cc1. The van der Waals surface area contributed by atoms with Gasteiger partial charge in [0.2, 0.25) is 5.28 Å². The number of hydrogen-bond donors (Lipinski definition) is 3. The van der Waals surface area contributed by atoms with Crippen molar-refractivity contribution in [2.24, 2.45) is 0 Å². The normalized spacial score (nSPS) is 10.9. The highest BCUT2D eigenvalue weighted by molar-refractivity contribution is 6.28. The third-order valence-corrected chi connectivity index (χ3v) is 4.61. The quantitative estimate of drug-likeness (QED) is 0.422. The molecular weight excluding hydrogens is 394 g/mol. The average molecular weight is 410 g/mol. The summed E-state index contributed by atoms with van der Waals surface area (Å²) in [5.74, 6) is -0.574. The van der Waals surface area contributed by atoms with E-state index < -0.39 is 5.97 Å². The Kier molecular flexibility index (Phi) is 5.01. The van der Waals surface area contributed by atoms with Crippen molar-refractivity contribution in [3.05, 3.63) is 87.1 Å². The number of aromatic nitrogens is 4. The Morgan fingerprint density at radius 3 is 2.48 bits per heavy atom. The summed E-state index contributed by atoms with van der Waals surface area (Å²) in [7, 11) is 0. The van der Waals surface area contributed by atoms with Crippen molar-refractivity contribution in [2.75, 3.05) is 5.32 Å². The number of hydrogen-bond acceptors (Lipinski definition) is 5. The van der Waals surface area contributed by atoms with E-state index in [0.717, 1.165) is 11.1 Å². The predicted octanol–water partition coefficient (Wildman–Crippen LogP) is 3.13. The Balaban J connectivity index is 1.67. The summed E-state index contributed by atoms with van der Waals surface area (Å²) in [5, 5.41) is 12.2. The number of aromatic amines is 1. The molecule has 0 aliphatic rings. The van der Waals surface area contributed by atoms with Crippen LogP contribution in [0.3, 0.4) is 0 Å². The van der Waals surface area contributed by atoms with Crippen LogP contribution in [0.4, 0.5) is 5.82 Å². The van der Waals surface area contributed by atoms with E-state index in [-0.39, 0.29) is 23.1 Å². The zero-order valence-corrected chi connectivity index (χ0v) is 15.8. The number of nitrogens with zero attached hydrogens (tertiary/aromatic N) is 3. The zero-order chi connectivity index (χ0) is 20.4. The minimum Gasteiger partial charge on any atom is -0.478 e. The largest absolute Gasteiger partial charge is 0.478 e. The molecule has 4 aromatic rings. The third-order valence-electron chi connectivity index (χ3n) is 4.44. The monoisotopic (exact) mass is 409 g/mol. The maximum atomic E-state index is 12.5. The minimum absolute atomic E-state index is 0.0158. The van der Waals surface area contributed by atoms with Gasteiger partial charge in [0.05, 0.1) is 12.1 Å². The van der Waals surface area contributed by atoms with Crippen molar-refractivity contribution in [3.8, 4) is 0 Å². The van der Waals surface area contributed by atoms with E-state index in [1.54, 1.807) is 12.1 Å². The molecule has 0 amide bonds. The number of nitrogens with one attached hydrogen (secondary N) is 2. The lowest BCUT2D eigenvalue weighted by molar-refractivity contribution is 0.0697. The predicted molar refractivity (Wildman–Crippen MR) is 109 cm³/mol. The number of H-pyrrole nitrogens is 1. The van der Waals surface area contributed by atoms with Gasteiger partial charge in [-0.05, 0) is 34.9 Å². The number of anilines is 1. The van der Waals surface area contributed by atoms with Crippen LogP contribution < -0.4 is 11.0 Å². The molecule has 0 saturated carbocycles. The van der Waals surface area contributed by atoms with Gasteiger partial charge < -0.3 is 15.4 Å². The Bertz CT molecular complexity index is 1230. The van der Waals surface area contributed by atoms with Crippen molar-refractivity contribution in [1.29, 1.82) is 0 Å². The standard InChI is InChI=1S/C20H16ClN5O3/c21-19-24-16(22-10-12-4-2-1-3-5-12)15-17(25-19)26(20(29)23-15)11-13-6-8-14(9-7-13)18(27)28/h1-9H,10-11H2,(H,23,29)(H,27,28)(H,22,24,25). The molecule has 0 radical (unpaired) electrons. The third kappa shape index (κ3) is 3.97. The van der Waals surface area contributed by atoms with E-state index in [2.05, 4.69) is 20.3 Å². The number of carbonyl (C=O) groups is 1. The van der Waals surface area contributed by atoms with Gasteiger partial charge in [0.15, 0.2) is 11.5 Å². The molecule has 3 N–H and O–H groups in total. The number of carboxylic acids is 1. The van der Waals surface area contributed by atoms with Crippen molar-refractivity contribution in [2.45, 2.75) is 13.1 Å². The van der Waals surface area contributed by atoms with Crippen LogP contribution in [0.2, 0.25) is 5.28 Å². The van der Waals surface area contributed by atoms with Gasteiger partial charge in [0, 0.05) is 6.54 Å². The van der Waals surface area contributed by atoms with E-state index in [9.17, 15) is 9.59 Å². The second-order valence-electron chi connectivity index (χ2n) is 6.40. The minimum atomic E-state index is -1.01. The molecule has 0 spiro atoms. The highest BCUT2D eigenvalue weighted by Crippen LogP contribution is 2.21. The van der Waals surface area contributed by atoms with Crippen LogP contribution in [0, 0.1) is 0 Å². The molecule has 0 bridgehead atoms. The lowest BCUT2D eigenvalue weighted by atomic mass is 10.1. The highest BCUT2D eigenvalue weighted by atomic mass is 35.5. The van der Waals surface area contributed by atoms with Gasteiger partial charge in [0.25, 0.3) is 0 Å². The van der Waals surface area contributed by atoms with Gasteiger partial charge in [0.1, 0.15) is 5.52 Å². The van der Waals surface area contributed by atoms with Crippen LogP contribution in [-0.4, -0.2) is 30.6 Å². The Morgan fingerprint density at radius 2 is 1.79 bits per heavy atom. The molecule has 8 nitrogen and oxygen atoms in total. The summed E-state index contributed by atoms with van der Waals surface area (Å²) in [6.07, 6.45) is 0.